The lowest BCUT2D eigenvalue weighted by Crippen LogP contribution is -2.36. The number of anilines is 1. The number of hydrogen-bond donors (Lipinski definition) is 1. The van der Waals surface area contributed by atoms with Crippen LogP contribution in [0.3, 0.4) is 0 Å². The maximum Gasteiger partial charge on any atom is 0.161 e. The van der Waals surface area contributed by atoms with Crippen LogP contribution < -0.4 is 4.90 Å². The van der Waals surface area contributed by atoms with Crippen LogP contribution in [0.1, 0.15) is 13.8 Å². The molecule has 0 saturated carbocycles. The van der Waals surface area contributed by atoms with Crippen molar-refractivity contribution in [3.63, 3.8) is 0 Å². The van der Waals surface area contributed by atoms with E-state index in [9.17, 15) is 5.11 Å². The molecule has 0 unspecified atom stereocenters. The molecule has 1 heterocycles. The van der Waals surface area contributed by atoms with Gasteiger partial charge in [-0.25, -0.2) is 9.97 Å². The first-order valence-corrected chi connectivity index (χ1v) is 6.28. The summed E-state index contributed by atoms with van der Waals surface area (Å²) < 4.78 is 0. The Morgan fingerprint density at radius 2 is 1.84 bits per heavy atom. The van der Waals surface area contributed by atoms with Gasteiger partial charge in [0.1, 0.15) is 5.82 Å². The molecule has 0 spiro atoms. The second-order valence-corrected chi connectivity index (χ2v) is 5.27. The summed E-state index contributed by atoms with van der Waals surface area (Å²) in [6, 6.07) is 11.7. The summed E-state index contributed by atoms with van der Waals surface area (Å²) in [5, 5.41) is 9.85. The van der Waals surface area contributed by atoms with E-state index in [1.165, 1.54) is 0 Å². The summed E-state index contributed by atoms with van der Waals surface area (Å²) in [6.45, 7) is 4.07. The fraction of sp³-hybridized carbons (Fsp3) is 0.333. The summed E-state index contributed by atoms with van der Waals surface area (Å²) in [5.41, 5.74) is 0.230. The standard InChI is InChI=1S/C15H19N3O/c1-15(2,19)11-18(3)13-9-10-16-14(17-13)12-7-5-4-6-8-12/h4-10,19H,11H2,1-3H3. The van der Waals surface area contributed by atoms with Crippen molar-refractivity contribution in [2.75, 3.05) is 18.5 Å². The van der Waals surface area contributed by atoms with Gasteiger partial charge >= 0.3 is 0 Å². The van der Waals surface area contributed by atoms with Crippen LogP contribution in [0.5, 0.6) is 0 Å². The third-order valence-electron chi connectivity index (χ3n) is 2.69. The molecule has 0 aliphatic heterocycles. The number of aromatic nitrogens is 2. The predicted octanol–water partition coefficient (Wildman–Crippen LogP) is 2.35. The summed E-state index contributed by atoms with van der Waals surface area (Å²) in [5.74, 6) is 1.50. The molecule has 0 radical (unpaired) electrons. The molecular weight excluding hydrogens is 238 g/mol. The molecule has 1 N–H and O–H groups in total. The largest absolute Gasteiger partial charge is 0.389 e. The highest BCUT2D eigenvalue weighted by atomic mass is 16.3. The van der Waals surface area contributed by atoms with E-state index in [1.807, 2.05) is 48.3 Å². The number of benzene rings is 1. The molecule has 0 aliphatic carbocycles. The molecule has 1 aromatic carbocycles. The lowest BCUT2D eigenvalue weighted by Gasteiger charge is -2.26. The highest BCUT2D eigenvalue weighted by molar-refractivity contribution is 5.56. The molecule has 0 saturated heterocycles. The van der Waals surface area contributed by atoms with Gasteiger partial charge in [0.25, 0.3) is 0 Å². The number of rotatable bonds is 4. The fourth-order valence-corrected chi connectivity index (χ4v) is 1.95. The number of aliphatic hydroxyl groups is 1. The van der Waals surface area contributed by atoms with Crippen LogP contribution in [0, 0.1) is 0 Å². The molecule has 100 valence electrons. The molecular formula is C15H19N3O. The first-order chi connectivity index (χ1) is 8.96. The molecule has 1 aromatic heterocycles. The van der Waals surface area contributed by atoms with E-state index >= 15 is 0 Å². The van der Waals surface area contributed by atoms with Gasteiger partial charge in [0.15, 0.2) is 5.82 Å². The lowest BCUT2D eigenvalue weighted by molar-refractivity contribution is 0.0884. The third kappa shape index (κ3) is 3.76. The van der Waals surface area contributed by atoms with Gasteiger partial charge < -0.3 is 10.0 Å². The molecule has 4 nitrogen and oxygen atoms in total. The zero-order valence-electron chi connectivity index (χ0n) is 11.5. The van der Waals surface area contributed by atoms with E-state index in [1.54, 1.807) is 20.0 Å². The summed E-state index contributed by atoms with van der Waals surface area (Å²) >= 11 is 0. The zero-order valence-corrected chi connectivity index (χ0v) is 11.5. The van der Waals surface area contributed by atoms with Gasteiger partial charge in [0.05, 0.1) is 5.60 Å². The van der Waals surface area contributed by atoms with Crippen LogP contribution in [-0.4, -0.2) is 34.3 Å². The van der Waals surface area contributed by atoms with Gasteiger partial charge in [0, 0.05) is 25.4 Å². The second kappa shape index (κ2) is 5.36. The summed E-state index contributed by atoms with van der Waals surface area (Å²) in [4.78, 5) is 10.7. The molecule has 0 atom stereocenters. The number of hydrogen-bond acceptors (Lipinski definition) is 4. The fourth-order valence-electron chi connectivity index (χ4n) is 1.95. The molecule has 2 aromatic rings. The maximum atomic E-state index is 9.85. The minimum Gasteiger partial charge on any atom is -0.389 e. The molecule has 2 rings (SSSR count). The molecule has 0 bridgehead atoms. The molecule has 0 aliphatic rings. The van der Waals surface area contributed by atoms with Crippen molar-refractivity contribution in [3.05, 3.63) is 42.6 Å². The van der Waals surface area contributed by atoms with Crippen molar-refractivity contribution in [2.24, 2.45) is 0 Å². The van der Waals surface area contributed by atoms with Gasteiger partial charge in [-0.2, -0.15) is 0 Å². The lowest BCUT2D eigenvalue weighted by atomic mass is 10.1. The summed E-state index contributed by atoms with van der Waals surface area (Å²) in [6.07, 6.45) is 1.74. The molecule has 0 fully saturated rings. The van der Waals surface area contributed by atoms with Crippen molar-refractivity contribution >= 4 is 5.82 Å². The highest BCUT2D eigenvalue weighted by Gasteiger charge is 2.17. The highest BCUT2D eigenvalue weighted by Crippen LogP contribution is 2.18. The van der Waals surface area contributed by atoms with Crippen molar-refractivity contribution < 1.29 is 5.11 Å². The summed E-state index contributed by atoms with van der Waals surface area (Å²) in [7, 11) is 1.91. The normalized spacial score (nSPS) is 11.4. The first kappa shape index (κ1) is 13.5. The van der Waals surface area contributed by atoms with Crippen molar-refractivity contribution in [1.29, 1.82) is 0 Å². The SMILES string of the molecule is CN(CC(C)(C)O)c1ccnc(-c2ccccc2)n1. The second-order valence-electron chi connectivity index (χ2n) is 5.27. The molecule has 4 heteroatoms. The predicted molar refractivity (Wildman–Crippen MR) is 77.0 cm³/mol. The Balaban J connectivity index is 2.25. The zero-order chi connectivity index (χ0) is 13.9. The molecule has 19 heavy (non-hydrogen) atoms. The van der Waals surface area contributed by atoms with Crippen molar-refractivity contribution in [3.8, 4) is 11.4 Å². The minimum absolute atomic E-state index is 0.512. The quantitative estimate of drug-likeness (QED) is 0.913. The van der Waals surface area contributed by atoms with Crippen molar-refractivity contribution in [2.45, 2.75) is 19.4 Å². The maximum absolute atomic E-state index is 9.85. The van der Waals surface area contributed by atoms with E-state index in [4.69, 9.17) is 0 Å². The van der Waals surface area contributed by atoms with Gasteiger partial charge in [0.2, 0.25) is 0 Å². The van der Waals surface area contributed by atoms with Crippen LogP contribution in [0.2, 0.25) is 0 Å². The van der Waals surface area contributed by atoms with Gasteiger partial charge in [-0.05, 0) is 19.9 Å². The van der Waals surface area contributed by atoms with Gasteiger partial charge in [-0.15, -0.1) is 0 Å². The molecule has 0 amide bonds. The van der Waals surface area contributed by atoms with Crippen molar-refractivity contribution in [1.82, 2.24) is 9.97 Å². The Morgan fingerprint density at radius 1 is 1.16 bits per heavy atom. The first-order valence-electron chi connectivity index (χ1n) is 6.28. The van der Waals surface area contributed by atoms with Crippen LogP contribution in [0.4, 0.5) is 5.82 Å². The van der Waals surface area contributed by atoms with E-state index < -0.39 is 5.60 Å². The Morgan fingerprint density at radius 3 is 2.47 bits per heavy atom. The van der Waals surface area contributed by atoms with E-state index in [2.05, 4.69) is 9.97 Å². The van der Waals surface area contributed by atoms with E-state index in [-0.39, 0.29) is 0 Å². The Labute approximate surface area is 113 Å². The smallest absolute Gasteiger partial charge is 0.161 e. The van der Waals surface area contributed by atoms with Crippen LogP contribution in [0.15, 0.2) is 42.6 Å². The Hall–Kier alpha value is -1.94. The third-order valence-corrected chi connectivity index (χ3v) is 2.69. The Kier molecular flexibility index (Phi) is 3.81. The van der Waals surface area contributed by atoms with E-state index in [0.29, 0.717) is 12.4 Å². The van der Waals surface area contributed by atoms with Crippen LogP contribution in [0.25, 0.3) is 11.4 Å². The number of nitrogens with zero attached hydrogens (tertiary/aromatic N) is 3. The monoisotopic (exact) mass is 257 g/mol. The average molecular weight is 257 g/mol. The van der Waals surface area contributed by atoms with Gasteiger partial charge in [-0.3, -0.25) is 0 Å². The number of likely N-dealkylation sites (N-methyl/N-ethyl adjacent to an activating group) is 1. The topological polar surface area (TPSA) is 49.2 Å². The van der Waals surface area contributed by atoms with Crippen LogP contribution >= 0.6 is 0 Å². The van der Waals surface area contributed by atoms with E-state index in [0.717, 1.165) is 11.4 Å². The Bertz CT molecular complexity index is 535. The minimum atomic E-state index is -0.757. The average Bonchev–Trinajstić information content (AvgIpc) is 2.38. The van der Waals surface area contributed by atoms with Crippen LogP contribution in [-0.2, 0) is 0 Å². The van der Waals surface area contributed by atoms with Gasteiger partial charge in [-0.1, -0.05) is 30.3 Å².